The van der Waals surface area contributed by atoms with Gasteiger partial charge in [-0.3, -0.25) is 4.79 Å². The van der Waals surface area contributed by atoms with Gasteiger partial charge in [-0.1, -0.05) is 12.1 Å². The van der Waals surface area contributed by atoms with Crippen LogP contribution in [0.25, 0.3) is 10.4 Å². The van der Waals surface area contributed by atoms with Crippen LogP contribution in [0.2, 0.25) is 0 Å². The van der Waals surface area contributed by atoms with Crippen LogP contribution in [0.3, 0.4) is 0 Å². The van der Waals surface area contributed by atoms with E-state index in [2.05, 4.69) is 0 Å². The smallest absolute Gasteiger partial charge is 0.203 e. The third kappa shape index (κ3) is 4.63. The normalized spacial score (nSPS) is 10.5. The maximum atomic E-state index is 13.7. The summed E-state index contributed by atoms with van der Waals surface area (Å²) in [5, 5.41) is 1.99. The molecule has 0 saturated carbocycles. The molecular weight excluding hydrogens is 438 g/mol. The minimum absolute atomic E-state index is 0.244. The third-order valence-corrected chi connectivity index (χ3v) is 5.96. The van der Waals surface area contributed by atoms with Crippen molar-refractivity contribution in [2.24, 2.45) is 0 Å². The fourth-order valence-corrected chi connectivity index (χ4v) is 4.19. The van der Waals surface area contributed by atoms with Crippen LogP contribution in [-0.2, 0) is 0 Å². The largest absolute Gasteiger partial charge is 0.493 e. The van der Waals surface area contributed by atoms with Crippen molar-refractivity contribution in [1.29, 1.82) is 0 Å². The van der Waals surface area contributed by atoms with Crippen molar-refractivity contribution < 1.29 is 23.7 Å². The van der Waals surface area contributed by atoms with Crippen molar-refractivity contribution in [2.45, 2.75) is 0 Å². The molecule has 0 radical (unpaired) electrons. The zero-order valence-corrected chi connectivity index (χ0v) is 19.3. The predicted octanol–water partition coefficient (Wildman–Crippen LogP) is 6.05. The number of thiophene rings is 1. The summed E-state index contributed by atoms with van der Waals surface area (Å²) < 4.78 is 22.3. The van der Waals surface area contributed by atoms with E-state index in [4.69, 9.17) is 24.7 Å². The molecule has 0 aliphatic rings. The summed E-state index contributed by atoms with van der Waals surface area (Å²) in [6.07, 6.45) is 0. The number of ether oxygens (including phenoxy) is 4. The van der Waals surface area contributed by atoms with Crippen LogP contribution in [0.4, 0.5) is 5.69 Å². The molecular formula is C26H23NO5S. The zero-order valence-electron chi connectivity index (χ0n) is 18.5. The fraction of sp³-hybridized carbons (Fsp3) is 0.115. The molecule has 0 amide bonds. The Morgan fingerprint density at radius 3 is 2.18 bits per heavy atom. The number of hydrogen-bond acceptors (Lipinski definition) is 7. The lowest BCUT2D eigenvalue weighted by atomic mass is 9.99. The molecule has 0 saturated heterocycles. The van der Waals surface area contributed by atoms with Crippen molar-refractivity contribution in [2.75, 3.05) is 27.1 Å². The maximum Gasteiger partial charge on any atom is 0.203 e. The number of rotatable bonds is 8. The minimum Gasteiger partial charge on any atom is -0.493 e. The first-order valence-electron chi connectivity index (χ1n) is 10.1. The molecule has 0 bridgehead atoms. The van der Waals surface area contributed by atoms with E-state index in [1.54, 1.807) is 53.8 Å². The number of anilines is 1. The Morgan fingerprint density at radius 2 is 1.58 bits per heavy atom. The molecule has 168 valence electrons. The van der Waals surface area contributed by atoms with E-state index in [-0.39, 0.29) is 5.78 Å². The van der Waals surface area contributed by atoms with E-state index >= 15 is 0 Å². The average Bonchev–Trinajstić information content (AvgIpc) is 3.38. The quantitative estimate of drug-likeness (QED) is 0.254. The number of ketones is 1. The first-order chi connectivity index (χ1) is 16.0. The van der Waals surface area contributed by atoms with E-state index < -0.39 is 0 Å². The molecule has 0 aliphatic heterocycles. The second-order valence-corrected chi connectivity index (χ2v) is 8.05. The Morgan fingerprint density at radius 1 is 0.818 bits per heavy atom. The predicted molar refractivity (Wildman–Crippen MR) is 130 cm³/mol. The number of carbonyl (C=O) groups excluding carboxylic acids is 1. The molecule has 7 heteroatoms. The number of nitrogens with two attached hydrogens (primary N) is 1. The molecule has 4 aromatic rings. The molecule has 0 fully saturated rings. The Balaban J connectivity index is 1.83. The molecule has 1 heterocycles. The zero-order chi connectivity index (χ0) is 23.4. The summed E-state index contributed by atoms with van der Waals surface area (Å²) >= 11 is 1.60. The van der Waals surface area contributed by atoms with Crippen molar-refractivity contribution in [1.82, 2.24) is 0 Å². The molecule has 1 aromatic heterocycles. The topological polar surface area (TPSA) is 80.0 Å². The standard InChI is InChI=1S/C26H23NO5S/c1-29-22-13-17(14-23(30-2)26(22)31-3)25(28)20-12-16(24-8-5-11-33-24)9-10-21(20)32-19-7-4-6-18(27)15-19/h4-15H,27H2,1-3H3. The van der Waals surface area contributed by atoms with Crippen molar-refractivity contribution >= 4 is 22.8 Å². The van der Waals surface area contributed by atoms with Gasteiger partial charge in [0.2, 0.25) is 5.75 Å². The minimum atomic E-state index is -0.244. The second kappa shape index (κ2) is 9.67. The van der Waals surface area contributed by atoms with Crippen LogP contribution >= 0.6 is 11.3 Å². The monoisotopic (exact) mass is 461 g/mol. The van der Waals surface area contributed by atoms with E-state index in [9.17, 15) is 4.79 Å². The van der Waals surface area contributed by atoms with Gasteiger partial charge >= 0.3 is 0 Å². The molecule has 0 spiro atoms. The Hall–Kier alpha value is -3.97. The van der Waals surface area contributed by atoms with E-state index in [0.29, 0.717) is 45.6 Å². The molecule has 0 atom stereocenters. The summed E-state index contributed by atoms with van der Waals surface area (Å²) in [6, 6.07) is 19.9. The van der Waals surface area contributed by atoms with Crippen molar-refractivity contribution in [3.8, 4) is 39.2 Å². The number of methoxy groups -OCH3 is 3. The highest BCUT2D eigenvalue weighted by molar-refractivity contribution is 7.13. The van der Waals surface area contributed by atoms with Gasteiger partial charge in [-0.2, -0.15) is 0 Å². The number of nitrogen functional groups attached to an aromatic ring is 1. The van der Waals surface area contributed by atoms with Crippen LogP contribution in [0, 0.1) is 0 Å². The molecule has 0 aliphatic carbocycles. The summed E-state index contributed by atoms with van der Waals surface area (Å²) in [5.41, 5.74) is 8.16. The van der Waals surface area contributed by atoms with Crippen molar-refractivity contribution in [3.63, 3.8) is 0 Å². The van der Waals surface area contributed by atoms with Crippen LogP contribution in [0.1, 0.15) is 15.9 Å². The van der Waals surface area contributed by atoms with Gasteiger partial charge in [0.05, 0.1) is 26.9 Å². The molecule has 3 aromatic carbocycles. The number of hydrogen-bond donors (Lipinski definition) is 1. The Labute approximate surface area is 196 Å². The fourth-order valence-electron chi connectivity index (χ4n) is 3.47. The van der Waals surface area contributed by atoms with Gasteiger partial charge in [0.1, 0.15) is 11.5 Å². The van der Waals surface area contributed by atoms with Gasteiger partial charge in [0.15, 0.2) is 17.3 Å². The van der Waals surface area contributed by atoms with Gasteiger partial charge in [-0.15, -0.1) is 11.3 Å². The van der Waals surface area contributed by atoms with Gasteiger partial charge in [-0.25, -0.2) is 0 Å². The lowest BCUT2D eigenvalue weighted by molar-refractivity contribution is 0.103. The van der Waals surface area contributed by atoms with Gasteiger partial charge in [-0.05, 0) is 59.5 Å². The van der Waals surface area contributed by atoms with Crippen molar-refractivity contribution in [3.05, 3.63) is 83.2 Å². The van der Waals surface area contributed by atoms with Crippen LogP contribution in [0.15, 0.2) is 72.1 Å². The summed E-state index contributed by atoms with van der Waals surface area (Å²) in [5.74, 6) is 1.92. The molecule has 4 rings (SSSR count). The van der Waals surface area contributed by atoms with Gasteiger partial charge in [0, 0.05) is 22.2 Å². The highest BCUT2D eigenvalue weighted by atomic mass is 32.1. The molecule has 6 nitrogen and oxygen atoms in total. The Kier molecular flexibility index (Phi) is 6.51. The summed E-state index contributed by atoms with van der Waals surface area (Å²) in [6.45, 7) is 0. The molecule has 0 unspecified atom stereocenters. The summed E-state index contributed by atoms with van der Waals surface area (Å²) in [7, 11) is 4.54. The third-order valence-electron chi connectivity index (χ3n) is 5.04. The number of carbonyl (C=O) groups is 1. The van der Waals surface area contributed by atoms with Crippen LogP contribution < -0.4 is 24.7 Å². The Bertz CT molecular complexity index is 1260. The first kappa shape index (κ1) is 22.2. The average molecular weight is 462 g/mol. The first-order valence-corrected chi connectivity index (χ1v) is 11.0. The van der Waals surface area contributed by atoms with Gasteiger partial charge < -0.3 is 24.7 Å². The van der Waals surface area contributed by atoms with Crippen LogP contribution in [0.5, 0.6) is 28.7 Å². The SMILES string of the molecule is COc1cc(C(=O)c2cc(-c3cccs3)ccc2Oc2cccc(N)c2)cc(OC)c1OC. The van der Waals surface area contributed by atoms with Gasteiger partial charge in [0.25, 0.3) is 0 Å². The molecule has 2 N–H and O–H groups in total. The lowest BCUT2D eigenvalue weighted by Crippen LogP contribution is -2.06. The highest BCUT2D eigenvalue weighted by Crippen LogP contribution is 2.40. The second-order valence-electron chi connectivity index (χ2n) is 7.11. The van der Waals surface area contributed by atoms with E-state index in [1.165, 1.54) is 21.3 Å². The number of benzene rings is 3. The molecule has 33 heavy (non-hydrogen) atoms. The van der Waals surface area contributed by atoms with Crippen LogP contribution in [-0.4, -0.2) is 27.1 Å². The van der Waals surface area contributed by atoms with E-state index in [1.807, 2.05) is 29.6 Å². The summed E-state index contributed by atoms with van der Waals surface area (Å²) in [4.78, 5) is 14.8. The maximum absolute atomic E-state index is 13.7. The highest BCUT2D eigenvalue weighted by Gasteiger charge is 2.22. The van der Waals surface area contributed by atoms with E-state index in [0.717, 1.165) is 10.4 Å². The lowest BCUT2D eigenvalue weighted by Gasteiger charge is -2.16.